The van der Waals surface area contributed by atoms with Crippen LogP contribution in [0.5, 0.6) is 0 Å². The van der Waals surface area contributed by atoms with Gasteiger partial charge < -0.3 is 0 Å². The van der Waals surface area contributed by atoms with E-state index in [1.807, 2.05) is 47.9 Å². The lowest BCUT2D eigenvalue weighted by Gasteiger charge is -2.19. The summed E-state index contributed by atoms with van der Waals surface area (Å²) in [6, 6.07) is 20.5. The van der Waals surface area contributed by atoms with Crippen molar-refractivity contribution in [3.8, 4) is 17.1 Å². The first-order valence-electron chi connectivity index (χ1n) is 12.0. The zero-order chi connectivity index (χ0) is 28.2. The van der Waals surface area contributed by atoms with Crippen LogP contribution in [0.1, 0.15) is 37.5 Å². The first-order chi connectivity index (χ1) is 18.5. The second-order valence-electron chi connectivity index (χ2n) is 9.85. The van der Waals surface area contributed by atoms with E-state index in [2.05, 4.69) is 53.6 Å². The summed E-state index contributed by atoms with van der Waals surface area (Å²) in [5.74, 6) is 0.337. The van der Waals surface area contributed by atoms with E-state index in [0.29, 0.717) is 16.5 Å². The number of aromatic nitrogens is 3. The van der Waals surface area contributed by atoms with Gasteiger partial charge in [0.25, 0.3) is 11.6 Å². The number of thioether (sulfide) groups is 1. The van der Waals surface area contributed by atoms with Gasteiger partial charge in [0.05, 0.1) is 16.9 Å². The number of nitro groups is 1. The summed E-state index contributed by atoms with van der Waals surface area (Å²) in [4.78, 5) is 23.0. The number of hydrogen-bond donors (Lipinski definition) is 1. The highest BCUT2D eigenvalue weighted by molar-refractivity contribution is 7.99. The zero-order valence-corrected chi connectivity index (χ0v) is 23.5. The molecule has 0 unspecified atom stereocenters. The Balaban J connectivity index is 1.52. The van der Waals surface area contributed by atoms with Crippen LogP contribution in [0.3, 0.4) is 0 Å². The Bertz CT molecular complexity index is 1530. The summed E-state index contributed by atoms with van der Waals surface area (Å²) in [5, 5.41) is 24.4. The summed E-state index contributed by atoms with van der Waals surface area (Å²) in [6.07, 6.45) is 1.32. The van der Waals surface area contributed by atoms with Crippen LogP contribution in [0, 0.1) is 17.0 Å². The molecule has 0 saturated carbocycles. The standard InChI is InChI=1S/C28H27ClN6O3S/c1-18-5-12-22(13-6-18)34-26(20-8-10-21(11-9-20)28(2,3)4)32-33-27(34)39-17-25(36)31-30-16-19-7-14-23(29)24(15-19)35(37)38/h5-16H,17H2,1-4H3,(H,31,36)/b30-16+. The van der Waals surface area contributed by atoms with Crippen LogP contribution in [0.4, 0.5) is 5.69 Å². The van der Waals surface area contributed by atoms with Crippen molar-refractivity contribution in [2.24, 2.45) is 5.10 Å². The van der Waals surface area contributed by atoms with E-state index >= 15 is 0 Å². The van der Waals surface area contributed by atoms with Crippen molar-refractivity contribution in [1.29, 1.82) is 0 Å². The summed E-state index contributed by atoms with van der Waals surface area (Å²) < 4.78 is 1.93. The van der Waals surface area contributed by atoms with E-state index in [9.17, 15) is 14.9 Å². The van der Waals surface area contributed by atoms with Crippen molar-refractivity contribution < 1.29 is 9.72 Å². The van der Waals surface area contributed by atoms with Gasteiger partial charge in [-0.2, -0.15) is 5.10 Å². The number of carbonyl (C=O) groups is 1. The number of rotatable bonds is 8. The largest absolute Gasteiger partial charge is 0.288 e. The molecule has 39 heavy (non-hydrogen) atoms. The van der Waals surface area contributed by atoms with Gasteiger partial charge in [-0.3, -0.25) is 19.5 Å². The molecule has 0 saturated heterocycles. The lowest BCUT2D eigenvalue weighted by Crippen LogP contribution is -2.20. The van der Waals surface area contributed by atoms with Crippen molar-refractivity contribution in [3.05, 3.63) is 98.6 Å². The van der Waals surface area contributed by atoms with Crippen LogP contribution in [-0.2, 0) is 10.2 Å². The number of halogens is 1. The predicted octanol–water partition coefficient (Wildman–Crippen LogP) is 6.34. The van der Waals surface area contributed by atoms with Crippen LogP contribution in [0.25, 0.3) is 17.1 Å². The normalized spacial score (nSPS) is 11.6. The molecule has 200 valence electrons. The van der Waals surface area contributed by atoms with E-state index in [4.69, 9.17) is 11.6 Å². The SMILES string of the molecule is Cc1ccc(-n2c(SCC(=O)N/N=C/c3ccc(Cl)c([N+](=O)[O-])c3)nnc2-c2ccc(C(C)(C)C)cc2)cc1. The number of hydrazone groups is 1. The van der Waals surface area contributed by atoms with Crippen molar-refractivity contribution in [2.75, 3.05) is 5.75 Å². The minimum absolute atomic E-state index is 0.0276. The maximum absolute atomic E-state index is 12.5. The van der Waals surface area contributed by atoms with Crippen molar-refractivity contribution in [1.82, 2.24) is 20.2 Å². The molecule has 9 nitrogen and oxygen atoms in total. The number of nitro benzene ring substituents is 1. The molecule has 0 bridgehead atoms. The Morgan fingerprint density at radius 1 is 1.10 bits per heavy atom. The molecule has 4 aromatic rings. The highest BCUT2D eigenvalue weighted by atomic mass is 35.5. The van der Waals surface area contributed by atoms with E-state index in [1.54, 1.807) is 6.07 Å². The van der Waals surface area contributed by atoms with Gasteiger partial charge in [-0.15, -0.1) is 10.2 Å². The van der Waals surface area contributed by atoms with Crippen LogP contribution in [0.2, 0.25) is 5.02 Å². The molecule has 0 radical (unpaired) electrons. The molecule has 0 aliphatic rings. The molecule has 1 aromatic heterocycles. The molecule has 0 fully saturated rings. The van der Waals surface area contributed by atoms with E-state index < -0.39 is 4.92 Å². The molecule has 1 N–H and O–H groups in total. The molecule has 3 aromatic carbocycles. The van der Waals surface area contributed by atoms with Gasteiger partial charge in [-0.25, -0.2) is 5.43 Å². The second kappa shape index (κ2) is 11.8. The Morgan fingerprint density at radius 2 is 1.79 bits per heavy atom. The van der Waals surface area contributed by atoms with E-state index in [-0.39, 0.29) is 27.8 Å². The summed E-state index contributed by atoms with van der Waals surface area (Å²) in [7, 11) is 0. The molecule has 1 heterocycles. The first-order valence-corrected chi connectivity index (χ1v) is 13.4. The number of aryl methyl sites for hydroxylation is 1. The van der Waals surface area contributed by atoms with Gasteiger partial charge >= 0.3 is 0 Å². The Labute approximate surface area is 235 Å². The quantitative estimate of drug-likeness (QED) is 0.116. The lowest BCUT2D eigenvalue weighted by molar-refractivity contribution is -0.384. The smallest absolute Gasteiger partial charge is 0.272 e. The average molecular weight is 563 g/mol. The van der Waals surface area contributed by atoms with Gasteiger partial charge in [-0.05, 0) is 36.1 Å². The van der Waals surface area contributed by atoms with Gasteiger partial charge in [0.2, 0.25) is 0 Å². The fourth-order valence-corrected chi connectivity index (χ4v) is 4.62. The third-order valence-electron chi connectivity index (χ3n) is 5.84. The maximum Gasteiger partial charge on any atom is 0.288 e. The van der Waals surface area contributed by atoms with Crippen LogP contribution in [-0.4, -0.2) is 37.6 Å². The minimum Gasteiger partial charge on any atom is -0.272 e. The van der Waals surface area contributed by atoms with Gasteiger partial charge in [0.15, 0.2) is 11.0 Å². The number of hydrogen-bond acceptors (Lipinski definition) is 7. The highest BCUT2D eigenvalue weighted by Crippen LogP contribution is 2.30. The lowest BCUT2D eigenvalue weighted by atomic mass is 9.87. The van der Waals surface area contributed by atoms with Crippen LogP contribution < -0.4 is 5.43 Å². The molecule has 1 amide bonds. The Morgan fingerprint density at radius 3 is 2.44 bits per heavy atom. The first kappa shape index (κ1) is 28.0. The Hall–Kier alpha value is -4.02. The van der Waals surface area contributed by atoms with Gasteiger partial charge in [0, 0.05) is 22.9 Å². The van der Waals surface area contributed by atoms with Gasteiger partial charge in [0.1, 0.15) is 5.02 Å². The van der Waals surface area contributed by atoms with Crippen LogP contribution >= 0.6 is 23.4 Å². The fourth-order valence-electron chi connectivity index (χ4n) is 3.69. The number of carbonyl (C=O) groups excluding carboxylic acids is 1. The molecule has 0 spiro atoms. The third kappa shape index (κ3) is 6.90. The fraction of sp³-hybridized carbons (Fsp3) is 0.214. The molecule has 0 aliphatic carbocycles. The zero-order valence-electron chi connectivity index (χ0n) is 21.9. The van der Waals surface area contributed by atoms with Crippen molar-refractivity contribution in [2.45, 2.75) is 38.3 Å². The molecule has 0 aliphatic heterocycles. The monoisotopic (exact) mass is 562 g/mol. The van der Waals surface area contributed by atoms with E-state index in [0.717, 1.165) is 16.8 Å². The van der Waals surface area contributed by atoms with Crippen molar-refractivity contribution in [3.63, 3.8) is 0 Å². The predicted molar refractivity (Wildman–Crippen MR) is 155 cm³/mol. The number of benzene rings is 3. The maximum atomic E-state index is 12.5. The number of nitrogens with one attached hydrogen (secondary N) is 1. The summed E-state index contributed by atoms with van der Waals surface area (Å²) in [5.41, 5.74) is 6.80. The minimum atomic E-state index is -0.577. The summed E-state index contributed by atoms with van der Waals surface area (Å²) in [6.45, 7) is 8.52. The van der Waals surface area contributed by atoms with E-state index in [1.165, 1.54) is 35.7 Å². The summed E-state index contributed by atoms with van der Waals surface area (Å²) >= 11 is 7.06. The van der Waals surface area contributed by atoms with Gasteiger partial charge in [-0.1, -0.05) is 92.2 Å². The topological polar surface area (TPSA) is 115 Å². The highest BCUT2D eigenvalue weighted by Gasteiger charge is 2.19. The molecule has 0 atom stereocenters. The molecule has 4 rings (SSSR count). The molecular weight excluding hydrogens is 536 g/mol. The number of nitrogens with zero attached hydrogens (tertiary/aromatic N) is 5. The van der Waals surface area contributed by atoms with Crippen LogP contribution in [0.15, 0.2) is 77.0 Å². The van der Waals surface area contributed by atoms with Crippen molar-refractivity contribution >= 4 is 41.2 Å². The number of amides is 1. The molecular formula is C28H27ClN6O3S. The second-order valence-corrected chi connectivity index (χ2v) is 11.2. The average Bonchev–Trinajstić information content (AvgIpc) is 3.32. The molecule has 11 heteroatoms. The third-order valence-corrected chi connectivity index (χ3v) is 7.09. The Kier molecular flexibility index (Phi) is 8.47.